The second kappa shape index (κ2) is 5.26. The molecule has 1 aliphatic carbocycles. The van der Waals surface area contributed by atoms with Crippen LogP contribution in [-0.4, -0.2) is 5.91 Å². The van der Waals surface area contributed by atoms with Gasteiger partial charge in [-0.25, -0.2) is 4.39 Å². The largest absolute Gasteiger partial charge is 0.324 e. The van der Waals surface area contributed by atoms with E-state index in [1.54, 1.807) is 12.1 Å². The molecule has 0 aromatic heterocycles. The zero-order valence-electron chi connectivity index (χ0n) is 11.6. The summed E-state index contributed by atoms with van der Waals surface area (Å²) in [6.45, 7) is 2.00. The van der Waals surface area contributed by atoms with Crippen molar-refractivity contribution < 1.29 is 9.18 Å². The molecule has 21 heavy (non-hydrogen) atoms. The fourth-order valence-corrected chi connectivity index (χ4v) is 3.10. The van der Waals surface area contributed by atoms with E-state index < -0.39 is 5.41 Å². The minimum absolute atomic E-state index is 0.0290. The highest BCUT2D eigenvalue weighted by Crippen LogP contribution is 2.49. The van der Waals surface area contributed by atoms with Gasteiger partial charge in [0, 0.05) is 4.47 Å². The molecule has 1 aliphatic rings. The number of benzene rings is 2. The third-order valence-electron chi connectivity index (χ3n) is 3.95. The Balaban J connectivity index is 1.83. The predicted molar refractivity (Wildman–Crippen MR) is 84.8 cm³/mol. The summed E-state index contributed by atoms with van der Waals surface area (Å²) in [6, 6.07) is 12.0. The maximum atomic E-state index is 13.0. The van der Waals surface area contributed by atoms with Gasteiger partial charge >= 0.3 is 0 Å². The van der Waals surface area contributed by atoms with Crippen LogP contribution < -0.4 is 5.32 Å². The van der Waals surface area contributed by atoms with Crippen molar-refractivity contribution in [1.29, 1.82) is 0 Å². The smallest absolute Gasteiger partial charge is 0.235 e. The normalized spacial score (nSPS) is 15.6. The van der Waals surface area contributed by atoms with Gasteiger partial charge in [0.25, 0.3) is 0 Å². The molecule has 0 atom stereocenters. The Morgan fingerprint density at radius 2 is 1.86 bits per heavy atom. The molecule has 0 heterocycles. The average molecular weight is 348 g/mol. The van der Waals surface area contributed by atoms with Gasteiger partial charge in [0.1, 0.15) is 5.82 Å². The van der Waals surface area contributed by atoms with Gasteiger partial charge in [-0.2, -0.15) is 0 Å². The van der Waals surface area contributed by atoms with Crippen molar-refractivity contribution in [2.45, 2.75) is 25.2 Å². The van der Waals surface area contributed by atoms with Crippen LogP contribution in [0.1, 0.15) is 24.0 Å². The molecule has 0 saturated heterocycles. The van der Waals surface area contributed by atoms with Crippen LogP contribution in [0.25, 0.3) is 0 Å². The van der Waals surface area contributed by atoms with Crippen molar-refractivity contribution in [3.8, 4) is 0 Å². The predicted octanol–water partition coefficient (Wildman–Crippen LogP) is 4.57. The fourth-order valence-electron chi connectivity index (χ4n) is 2.50. The number of rotatable bonds is 3. The van der Waals surface area contributed by atoms with Crippen molar-refractivity contribution >= 4 is 27.5 Å². The molecule has 1 fully saturated rings. The first-order valence-corrected chi connectivity index (χ1v) is 7.64. The minimum Gasteiger partial charge on any atom is -0.324 e. The molecule has 1 N–H and O–H groups in total. The highest BCUT2D eigenvalue weighted by Gasteiger charge is 2.51. The first-order valence-electron chi connectivity index (χ1n) is 6.85. The molecular formula is C17H15BrFNO. The van der Waals surface area contributed by atoms with Crippen molar-refractivity contribution in [3.05, 3.63) is 63.9 Å². The third kappa shape index (κ3) is 2.72. The Labute approximate surface area is 131 Å². The lowest BCUT2D eigenvalue weighted by Crippen LogP contribution is -2.28. The number of carbonyl (C=O) groups excluding carboxylic acids is 1. The summed E-state index contributed by atoms with van der Waals surface area (Å²) >= 11 is 3.46. The van der Waals surface area contributed by atoms with Crippen LogP contribution in [0.2, 0.25) is 0 Å². The SMILES string of the molecule is Cc1ccc(NC(=O)C2(c3ccc(F)cc3)CC2)c(Br)c1. The van der Waals surface area contributed by atoms with E-state index >= 15 is 0 Å². The van der Waals surface area contributed by atoms with Crippen LogP contribution in [0.15, 0.2) is 46.9 Å². The van der Waals surface area contributed by atoms with E-state index in [1.807, 2.05) is 25.1 Å². The van der Waals surface area contributed by atoms with E-state index in [-0.39, 0.29) is 11.7 Å². The summed E-state index contributed by atoms with van der Waals surface area (Å²) in [5.74, 6) is -0.310. The third-order valence-corrected chi connectivity index (χ3v) is 4.61. The molecule has 108 valence electrons. The molecular weight excluding hydrogens is 333 g/mol. The van der Waals surface area contributed by atoms with Crippen molar-refractivity contribution in [2.24, 2.45) is 0 Å². The van der Waals surface area contributed by atoms with Crippen molar-refractivity contribution in [3.63, 3.8) is 0 Å². The number of hydrogen-bond acceptors (Lipinski definition) is 1. The molecule has 0 aliphatic heterocycles. The lowest BCUT2D eigenvalue weighted by Gasteiger charge is -2.16. The average Bonchev–Trinajstić information content (AvgIpc) is 3.24. The van der Waals surface area contributed by atoms with Crippen molar-refractivity contribution in [2.75, 3.05) is 5.32 Å². The Morgan fingerprint density at radius 1 is 1.19 bits per heavy atom. The van der Waals surface area contributed by atoms with Gasteiger partial charge in [-0.1, -0.05) is 18.2 Å². The van der Waals surface area contributed by atoms with Crippen LogP contribution in [0.5, 0.6) is 0 Å². The monoisotopic (exact) mass is 347 g/mol. The molecule has 0 spiro atoms. The second-order valence-electron chi connectivity index (χ2n) is 5.53. The Morgan fingerprint density at radius 3 is 2.43 bits per heavy atom. The number of anilines is 1. The number of nitrogens with one attached hydrogen (secondary N) is 1. The fraction of sp³-hybridized carbons (Fsp3) is 0.235. The Bertz CT molecular complexity index is 692. The Kier molecular flexibility index (Phi) is 3.57. The zero-order valence-corrected chi connectivity index (χ0v) is 13.2. The topological polar surface area (TPSA) is 29.1 Å². The van der Waals surface area contributed by atoms with E-state index in [0.29, 0.717) is 0 Å². The molecule has 1 amide bonds. The summed E-state index contributed by atoms with van der Waals surface area (Å²) < 4.78 is 13.9. The number of carbonyl (C=O) groups is 1. The van der Waals surface area contributed by atoms with E-state index in [9.17, 15) is 9.18 Å². The van der Waals surface area contributed by atoms with Gasteiger partial charge in [0.2, 0.25) is 5.91 Å². The lowest BCUT2D eigenvalue weighted by molar-refractivity contribution is -0.118. The summed E-state index contributed by atoms with van der Waals surface area (Å²) in [7, 11) is 0. The second-order valence-corrected chi connectivity index (χ2v) is 6.38. The van der Waals surface area contributed by atoms with E-state index in [4.69, 9.17) is 0 Å². The van der Waals surface area contributed by atoms with Gasteiger partial charge in [0.15, 0.2) is 0 Å². The van der Waals surface area contributed by atoms with Gasteiger partial charge in [-0.3, -0.25) is 4.79 Å². The summed E-state index contributed by atoms with van der Waals surface area (Å²) in [5, 5.41) is 2.97. The maximum Gasteiger partial charge on any atom is 0.235 e. The molecule has 4 heteroatoms. The lowest BCUT2D eigenvalue weighted by atomic mass is 9.95. The molecule has 2 nitrogen and oxygen atoms in total. The highest BCUT2D eigenvalue weighted by atomic mass is 79.9. The van der Waals surface area contributed by atoms with Gasteiger partial charge in [-0.15, -0.1) is 0 Å². The molecule has 2 aromatic carbocycles. The van der Waals surface area contributed by atoms with Crippen LogP contribution in [0, 0.1) is 12.7 Å². The summed E-state index contributed by atoms with van der Waals surface area (Å²) in [6.07, 6.45) is 1.60. The maximum absolute atomic E-state index is 13.0. The first kappa shape index (κ1) is 14.3. The number of aryl methyl sites for hydroxylation is 1. The standard InChI is InChI=1S/C17H15BrFNO/c1-11-2-7-15(14(18)10-11)20-16(21)17(8-9-17)12-3-5-13(19)6-4-12/h2-7,10H,8-9H2,1H3,(H,20,21). The zero-order chi connectivity index (χ0) is 15.0. The quantitative estimate of drug-likeness (QED) is 0.865. The molecule has 3 rings (SSSR count). The Hall–Kier alpha value is -1.68. The van der Waals surface area contributed by atoms with E-state index in [2.05, 4.69) is 21.2 Å². The van der Waals surface area contributed by atoms with Crippen molar-refractivity contribution in [1.82, 2.24) is 0 Å². The van der Waals surface area contributed by atoms with E-state index in [1.165, 1.54) is 12.1 Å². The molecule has 0 unspecified atom stereocenters. The number of hydrogen-bond donors (Lipinski definition) is 1. The van der Waals surface area contributed by atoms with E-state index in [0.717, 1.165) is 34.1 Å². The number of amides is 1. The van der Waals surface area contributed by atoms with Crippen LogP contribution in [-0.2, 0) is 10.2 Å². The van der Waals surface area contributed by atoms with Gasteiger partial charge < -0.3 is 5.32 Å². The molecule has 0 radical (unpaired) electrons. The highest BCUT2D eigenvalue weighted by molar-refractivity contribution is 9.10. The van der Waals surface area contributed by atoms with Gasteiger partial charge in [0.05, 0.1) is 11.1 Å². The van der Waals surface area contributed by atoms with Crippen LogP contribution in [0.3, 0.4) is 0 Å². The van der Waals surface area contributed by atoms with Crippen LogP contribution in [0.4, 0.5) is 10.1 Å². The van der Waals surface area contributed by atoms with Crippen LogP contribution >= 0.6 is 15.9 Å². The molecule has 2 aromatic rings. The summed E-state index contributed by atoms with van der Waals surface area (Å²) in [4.78, 5) is 12.6. The van der Waals surface area contributed by atoms with Gasteiger partial charge in [-0.05, 0) is 71.1 Å². The first-order chi connectivity index (χ1) is 10.0. The summed E-state index contributed by atoms with van der Waals surface area (Å²) in [5.41, 5.74) is 2.26. The molecule has 0 bridgehead atoms. The minimum atomic E-state index is -0.502. The molecule has 1 saturated carbocycles. The number of halogens is 2.